The predicted octanol–water partition coefficient (Wildman–Crippen LogP) is 1.13. The molecule has 2 aliphatic heterocycles. The molecule has 0 bridgehead atoms. The Hall–Kier alpha value is -2.31. The van der Waals surface area contributed by atoms with E-state index in [0.717, 1.165) is 5.75 Å². The first-order chi connectivity index (χ1) is 9.56. The van der Waals surface area contributed by atoms with Crippen LogP contribution in [0.2, 0.25) is 0 Å². The molecule has 2 heterocycles. The van der Waals surface area contributed by atoms with E-state index < -0.39 is 16.7 Å². The lowest BCUT2D eigenvalue weighted by Crippen LogP contribution is -2.39. The summed E-state index contributed by atoms with van der Waals surface area (Å²) in [7, 11) is 0. The third-order valence-corrected chi connectivity index (χ3v) is 3.31. The molecule has 0 amide bonds. The van der Waals surface area contributed by atoms with Gasteiger partial charge >= 0.3 is 6.17 Å². The lowest BCUT2D eigenvalue weighted by atomic mass is 10.1. The van der Waals surface area contributed by atoms with Gasteiger partial charge in [0.05, 0.1) is 6.54 Å². The van der Waals surface area contributed by atoms with Crippen LogP contribution in [-0.4, -0.2) is 47.3 Å². The van der Waals surface area contributed by atoms with Crippen molar-refractivity contribution in [2.75, 3.05) is 19.7 Å². The average Bonchev–Trinajstić information content (AvgIpc) is 2.93. The fraction of sp³-hybridized carbons (Fsp3) is 0.462. The number of aliphatic imine (C=N–C) groups is 1. The van der Waals surface area contributed by atoms with Crippen molar-refractivity contribution in [3.63, 3.8) is 0 Å². The molecule has 3 rings (SSSR count). The second kappa shape index (κ2) is 4.66. The van der Waals surface area contributed by atoms with Gasteiger partial charge in [0.1, 0.15) is 18.9 Å². The number of hydrogen-bond donors (Lipinski definition) is 0. The summed E-state index contributed by atoms with van der Waals surface area (Å²) >= 11 is 0. The predicted molar refractivity (Wildman–Crippen MR) is 71.2 cm³/mol. The number of nitro groups is 1. The van der Waals surface area contributed by atoms with Crippen molar-refractivity contribution in [3.8, 4) is 5.75 Å². The minimum atomic E-state index is -0.912. The van der Waals surface area contributed by atoms with Gasteiger partial charge in [-0.2, -0.15) is 4.99 Å². The summed E-state index contributed by atoms with van der Waals surface area (Å²) in [6, 6.07) is 9.82. The quantitative estimate of drug-likeness (QED) is 0.609. The van der Waals surface area contributed by atoms with Crippen molar-refractivity contribution in [2.24, 2.45) is 4.99 Å². The minimum absolute atomic E-state index is 0.267. The molecule has 1 aromatic carbocycles. The maximum absolute atomic E-state index is 10.7. The molecule has 2 unspecified atom stereocenters. The zero-order valence-corrected chi connectivity index (χ0v) is 11.1. The molecule has 0 N–H and O–H groups in total. The standard InChI is InChI=1S/C13H15N3O4/c1-13(9-19-10-5-3-2-4-6-10)8-15-7-11(16(17)18)14-12(15)20-13/h2-6,11H,7-9H2,1H3. The van der Waals surface area contributed by atoms with Gasteiger partial charge in [0, 0.05) is 4.92 Å². The number of para-hydroxylation sites is 1. The van der Waals surface area contributed by atoms with Crippen molar-refractivity contribution in [1.29, 1.82) is 0 Å². The number of nitrogens with zero attached hydrogens (tertiary/aromatic N) is 3. The van der Waals surface area contributed by atoms with Crippen LogP contribution in [0.3, 0.4) is 0 Å². The van der Waals surface area contributed by atoms with Gasteiger partial charge in [-0.25, -0.2) is 0 Å². The molecule has 1 fully saturated rings. The van der Waals surface area contributed by atoms with E-state index in [0.29, 0.717) is 19.2 Å². The molecule has 1 aromatic rings. The van der Waals surface area contributed by atoms with Crippen LogP contribution in [0.1, 0.15) is 6.92 Å². The van der Waals surface area contributed by atoms with E-state index in [9.17, 15) is 10.1 Å². The summed E-state index contributed by atoms with van der Waals surface area (Å²) in [5.74, 6) is 0.773. The second-order valence-corrected chi connectivity index (χ2v) is 5.21. The third kappa shape index (κ3) is 2.38. The summed E-state index contributed by atoms with van der Waals surface area (Å²) in [5, 5.41) is 10.7. The molecule has 106 valence electrons. The second-order valence-electron chi connectivity index (χ2n) is 5.21. The van der Waals surface area contributed by atoms with E-state index in [1.54, 1.807) is 4.90 Å². The Morgan fingerprint density at radius 1 is 1.55 bits per heavy atom. The zero-order chi connectivity index (χ0) is 14.2. The first kappa shape index (κ1) is 12.7. The van der Waals surface area contributed by atoms with E-state index in [1.165, 1.54) is 0 Å². The Bertz CT molecular complexity index is 548. The van der Waals surface area contributed by atoms with Crippen LogP contribution >= 0.6 is 0 Å². The fourth-order valence-electron chi connectivity index (χ4n) is 2.35. The van der Waals surface area contributed by atoms with Gasteiger partial charge in [-0.3, -0.25) is 10.1 Å². The summed E-state index contributed by atoms with van der Waals surface area (Å²) < 4.78 is 11.4. The van der Waals surface area contributed by atoms with E-state index in [4.69, 9.17) is 9.47 Å². The van der Waals surface area contributed by atoms with Gasteiger partial charge in [0.2, 0.25) is 0 Å². The Morgan fingerprint density at radius 3 is 2.95 bits per heavy atom. The van der Waals surface area contributed by atoms with Gasteiger partial charge in [-0.05, 0) is 19.1 Å². The van der Waals surface area contributed by atoms with Gasteiger partial charge in [-0.1, -0.05) is 18.2 Å². The number of fused-ring (bicyclic) bond motifs is 1. The molecule has 20 heavy (non-hydrogen) atoms. The molecular weight excluding hydrogens is 262 g/mol. The first-order valence-corrected chi connectivity index (χ1v) is 6.39. The highest BCUT2D eigenvalue weighted by Gasteiger charge is 2.47. The minimum Gasteiger partial charge on any atom is -0.489 e. The lowest BCUT2D eigenvalue weighted by Gasteiger charge is -2.22. The van der Waals surface area contributed by atoms with Crippen LogP contribution in [0.15, 0.2) is 35.3 Å². The molecule has 1 saturated heterocycles. The number of hydrogen-bond acceptors (Lipinski definition) is 6. The number of benzene rings is 1. The fourth-order valence-corrected chi connectivity index (χ4v) is 2.35. The first-order valence-electron chi connectivity index (χ1n) is 6.39. The maximum atomic E-state index is 10.7. The summed E-state index contributed by atoms with van der Waals surface area (Å²) in [6.45, 7) is 3.10. The van der Waals surface area contributed by atoms with Crippen molar-refractivity contribution < 1.29 is 14.4 Å². The molecule has 2 aliphatic rings. The molecule has 0 radical (unpaired) electrons. The molecule has 7 nitrogen and oxygen atoms in total. The van der Waals surface area contributed by atoms with Gasteiger partial charge in [-0.15, -0.1) is 0 Å². The van der Waals surface area contributed by atoms with E-state index in [-0.39, 0.29) is 6.54 Å². The molecule has 0 saturated carbocycles. The SMILES string of the molecule is CC1(COc2ccccc2)CN2CC([N+](=O)[O-])N=C2O1. The third-order valence-electron chi connectivity index (χ3n) is 3.31. The Morgan fingerprint density at radius 2 is 2.30 bits per heavy atom. The number of rotatable bonds is 4. The van der Waals surface area contributed by atoms with Crippen LogP contribution in [0.25, 0.3) is 0 Å². The smallest absolute Gasteiger partial charge is 0.325 e. The van der Waals surface area contributed by atoms with Crippen LogP contribution in [-0.2, 0) is 4.74 Å². The summed E-state index contributed by atoms with van der Waals surface area (Å²) in [5.41, 5.74) is -0.532. The number of amidine groups is 1. The summed E-state index contributed by atoms with van der Waals surface area (Å²) in [6.07, 6.45) is -0.912. The lowest BCUT2D eigenvalue weighted by molar-refractivity contribution is -0.518. The zero-order valence-electron chi connectivity index (χ0n) is 11.1. The topological polar surface area (TPSA) is 77.2 Å². The molecule has 2 atom stereocenters. The molecule has 0 spiro atoms. The Balaban J connectivity index is 1.62. The van der Waals surface area contributed by atoms with Crippen molar-refractivity contribution >= 4 is 6.02 Å². The Labute approximate surface area is 116 Å². The van der Waals surface area contributed by atoms with Crippen LogP contribution in [0, 0.1) is 10.1 Å². The highest BCUT2D eigenvalue weighted by Crippen LogP contribution is 2.27. The van der Waals surface area contributed by atoms with Crippen LogP contribution < -0.4 is 4.74 Å². The number of ether oxygens (including phenoxy) is 2. The molecular formula is C13H15N3O4. The van der Waals surface area contributed by atoms with Gasteiger partial charge in [0.15, 0.2) is 5.60 Å². The van der Waals surface area contributed by atoms with E-state index in [1.807, 2.05) is 37.3 Å². The van der Waals surface area contributed by atoms with E-state index in [2.05, 4.69) is 4.99 Å². The average molecular weight is 277 g/mol. The van der Waals surface area contributed by atoms with Gasteiger partial charge in [0.25, 0.3) is 6.02 Å². The largest absolute Gasteiger partial charge is 0.489 e. The molecule has 7 heteroatoms. The molecule has 0 aromatic heterocycles. The highest BCUT2D eigenvalue weighted by atomic mass is 16.6. The van der Waals surface area contributed by atoms with Crippen LogP contribution in [0.5, 0.6) is 5.75 Å². The molecule has 0 aliphatic carbocycles. The summed E-state index contributed by atoms with van der Waals surface area (Å²) in [4.78, 5) is 16.1. The van der Waals surface area contributed by atoms with E-state index >= 15 is 0 Å². The van der Waals surface area contributed by atoms with Crippen molar-refractivity contribution in [3.05, 3.63) is 40.4 Å². The normalized spacial score (nSPS) is 27.8. The Kier molecular flexibility index (Phi) is 2.96. The highest BCUT2D eigenvalue weighted by molar-refractivity contribution is 5.78. The monoisotopic (exact) mass is 277 g/mol. The van der Waals surface area contributed by atoms with Crippen molar-refractivity contribution in [2.45, 2.75) is 18.7 Å². The maximum Gasteiger partial charge on any atom is 0.325 e. The van der Waals surface area contributed by atoms with Crippen molar-refractivity contribution in [1.82, 2.24) is 4.90 Å². The van der Waals surface area contributed by atoms with Gasteiger partial charge < -0.3 is 14.4 Å². The van der Waals surface area contributed by atoms with Crippen LogP contribution in [0.4, 0.5) is 0 Å².